The van der Waals surface area contributed by atoms with E-state index in [4.69, 9.17) is 4.52 Å². The molecule has 1 aromatic heterocycles. The number of aromatic amines is 1. The Hall–Kier alpha value is -0.790. The average Bonchev–Trinajstić information content (AvgIpc) is 2.11. The van der Waals surface area contributed by atoms with Crippen LogP contribution in [0.5, 0.6) is 0 Å². The van der Waals surface area contributed by atoms with Crippen LogP contribution in [0.2, 0.25) is 0 Å². The third kappa shape index (κ3) is 1.06. The second-order valence-corrected chi connectivity index (χ2v) is 2.95. The molecule has 0 aliphatic heterocycles. The largest absolute Gasteiger partial charge is 0.243 e. The van der Waals surface area contributed by atoms with E-state index in [0.717, 1.165) is 11.5 Å². The molecular formula is C8H14NO+. The molecule has 0 atom stereocenters. The Morgan fingerprint density at radius 1 is 1.30 bits per heavy atom. The fourth-order valence-electron chi connectivity index (χ4n) is 1.37. The lowest BCUT2D eigenvalue weighted by Gasteiger charge is -1.97. The Labute approximate surface area is 61.2 Å². The Kier molecular flexibility index (Phi) is 1.79. The van der Waals surface area contributed by atoms with Crippen molar-refractivity contribution in [3.05, 3.63) is 17.0 Å². The summed E-state index contributed by atoms with van der Waals surface area (Å²) in [5, 5.41) is 2.84. The molecule has 0 radical (unpaired) electrons. The summed E-state index contributed by atoms with van der Waals surface area (Å²) in [5.74, 6) is 1.56. The normalized spacial score (nSPS) is 10.9. The van der Waals surface area contributed by atoms with Crippen LogP contribution in [-0.2, 0) is 0 Å². The molecule has 1 N–H and O–H groups in total. The first-order valence-electron chi connectivity index (χ1n) is 3.60. The summed E-state index contributed by atoms with van der Waals surface area (Å²) in [6.07, 6.45) is 0. The number of nitrogens with one attached hydrogen (secondary N) is 1. The molecule has 2 nitrogen and oxygen atoms in total. The van der Waals surface area contributed by atoms with Gasteiger partial charge in [0.25, 0.3) is 0 Å². The molecule has 2 heteroatoms. The summed E-state index contributed by atoms with van der Waals surface area (Å²) in [4.78, 5) is 0. The van der Waals surface area contributed by atoms with E-state index in [1.807, 2.05) is 13.8 Å². The minimum absolute atomic E-state index is 0.551. The molecule has 1 aromatic rings. The number of aromatic nitrogens is 1. The van der Waals surface area contributed by atoms with Crippen molar-refractivity contribution < 1.29 is 9.68 Å². The van der Waals surface area contributed by atoms with Crippen molar-refractivity contribution in [2.45, 2.75) is 33.6 Å². The van der Waals surface area contributed by atoms with Gasteiger partial charge in [-0.15, -0.1) is 0 Å². The van der Waals surface area contributed by atoms with Gasteiger partial charge in [-0.25, -0.2) is 4.52 Å². The van der Waals surface area contributed by atoms with Crippen LogP contribution in [0.3, 0.4) is 0 Å². The molecule has 0 amide bonds. The quantitative estimate of drug-likeness (QED) is 0.584. The van der Waals surface area contributed by atoms with Crippen LogP contribution in [0.25, 0.3) is 0 Å². The minimum atomic E-state index is 0.551. The van der Waals surface area contributed by atoms with Crippen molar-refractivity contribution in [2.75, 3.05) is 0 Å². The molecule has 0 fully saturated rings. The summed E-state index contributed by atoms with van der Waals surface area (Å²) in [6, 6.07) is 0. The summed E-state index contributed by atoms with van der Waals surface area (Å²) in [6.45, 7) is 8.35. The average molecular weight is 140 g/mol. The highest BCUT2D eigenvalue weighted by atomic mass is 16.5. The van der Waals surface area contributed by atoms with E-state index < -0.39 is 0 Å². The van der Waals surface area contributed by atoms with E-state index in [1.54, 1.807) is 0 Å². The summed E-state index contributed by atoms with van der Waals surface area (Å²) >= 11 is 0. The molecule has 1 rings (SSSR count). The number of rotatable bonds is 1. The molecular weight excluding hydrogens is 126 g/mol. The van der Waals surface area contributed by atoms with Crippen LogP contribution in [0.15, 0.2) is 4.52 Å². The van der Waals surface area contributed by atoms with Gasteiger partial charge in [-0.2, -0.15) is 0 Å². The van der Waals surface area contributed by atoms with Gasteiger partial charge in [-0.05, 0) is 11.1 Å². The van der Waals surface area contributed by atoms with Crippen molar-refractivity contribution in [3.63, 3.8) is 0 Å². The topological polar surface area (TPSA) is 27.3 Å². The maximum atomic E-state index is 5.13. The van der Waals surface area contributed by atoms with E-state index in [2.05, 4.69) is 19.0 Å². The van der Waals surface area contributed by atoms with Gasteiger partial charge in [-0.1, -0.05) is 13.8 Å². The third-order valence-corrected chi connectivity index (χ3v) is 1.72. The zero-order valence-corrected chi connectivity index (χ0v) is 6.99. The number of H-pyrrole nitrogens is 1. The lowest BCUT2D eigenvalue weighted by atomic mass is 10.0. The van der Waals surface area contributed by atoms with Crippen LogP contribution in [-0.4, -0.2) is 0 Å². The van der Waals surface area contributed by atoms with Crippen LogP contribution >= 0.6 is 0 Å². The molecule has 0 aliphatic rings. The maximum absolute atomic E-state index is 5.13. The summed E-state index contributed by atoms with van der Waals surface area (Å²) in [5.41, 5.74) is 2.45. The number of hydrogen-bond acceptors (Lipinski definition) is 1. The lowest BCUT2D eigenvalue weighted by molar-refractivity contribution is -0.616. The van der Waals surface area contributed by atoms with Gasteiger partial charge in [0, 0.05) is 13.8 Å². The number of aryl methyl sites for hydroxylation is 2. The predicted molar refractivity (Wildman–Crippen MR) is 38.8 cm³/mol. The zero-order valence-electron chi connectivity index (χ0n) is 6.99. The van der Waals surface area contributed by atoms with Gasteiger partial charge in [0.15, 0.2) is 5.76 Å². The van der Waals surface area contributed by atoms with Gasteiger partial charge >= 0.3 is 0 Å². The van der Waals surface area contributed by atoms with Crippen LogP contribution in [0, 0.1) is 13.8 Å². The minimum Gasteiger partial charge on any atom is -0.243 e. The second kappa shape index (κ2) is 2.45. The molecule has 1 heterocycles. The standard InChI is InChI=1S/C8H13NO/c1-5(2)8-6(3)9-10-7(8)4/h5H,1-4H3/p+1. The first kappa shape index (κ1) is 7.32. The zero-order chi connectivity index (χ0) is 7.72. The van der Waals surface area contributed by atoms with E-state index >= 15 is 0 Å². The molecule has 0 unspecified atom stereocenters. The molecule has 0 saturated carbocycles. The molecule has 0 bridgehead atoms. The Balaban J connectivity index is 3.10. The second-order valence-electron chi connectivity index (χ2n) is 2.95. The van der Waals surface area contributed by atoms with Gasteiger partial charge in [0.1, 0.15) is 0 Å². The highest BCUT2D eigenvalue weighted by Crippen LogP contribution is 2.19. The Bertz CT molecular complexity index is 206. The van der Waals surface area contributed by atoms with Gasteiger partial charge in [-0.3, -0.25) is 0 Å². The van der Waals surface area contributed by atoms with Gasteiger partial charge in [0.05, 0.1) is 5.56 Å². The SMILES string of the molecule is Cc1[nH+]oc(C)c1C(C)C. The van der Waals surface area contributed by atoms with Crippen molar-refractivity contribution in [1.29, 1.82) is 0 Å². The molecule has 0 aliphatic carbocycles. The van der Waals surface area contributed by atoms with Crippen molar-refractivity contribution >= 4 is 0 Å². The van der Waals surface area contributed by atoms with E-state index in [0.29, 0.717) is 5.92 Å². The molecule has 0 aromatic carbocycles. The first-order chi connectivity index (χ1) is 4.63. The first-order valence-corrected chi connectivity index (χ1v) is 3.60. The molecule has 0 saturated heterocycles. The highest BCUT2D eigenvalue weighted by molar-refractivity contribution is 5.20. The number of hydrogen-bond donors (Lipinski definition) is 0. The third-order valence-electron chi connectivity index (χ3n) is 1.72. The monoisotopic (exact) mass is 140 g/mol. The summed E-state index contributed by atoms with van der Waals surface area (Å²) < 4.78 is 5.13. The van der Waals surface area contributed by atoms with E-state index in [9.17, 15) is 0 Å². The smallest absolute Gasteiger partial charge is 0.229 e. The highest BCUT2D eigenvalue weighted by Gasteiger charge is 2.16. The fourth-order valence-corrected chi connectivity index (χ4v) is 1.37. The fraction of sp³-hybridized carbons (Fsp3) is 0.625. The van der Waals surface area contributed by atoms with Crippen LogP contribution in [0.1, 0.15) is 36.8 Å². The van der Waals surface area contributed by atoms with Crippen LogP contribution in [0.4, 0.5) is 0 Å². The van der Waals surface area contributed by atoms with E-state index in [1.165, 1.54) is 5.56 Å². The van der Waals surface area contributed by atoms with Crippen LogP contribution < -0.4 is 5.16 Å². The Morgan fingerprint density at radius 2 is 1.90 bits per heavy atom. The van der Waals surface area contributed by atoms with Crippen molar-refractivity contribution in [3.8, 4) is 0 Å². The van der Waals surface area contributed by atoms with Crippen molar-refractivity contribution in [1.82, 2.24) is 0 Å². The molecule has 0 spiro atoms. The maximum Gasteiger partial charge on any atom is 0.229 e. The van der Waals surface area contributed by atoms with Gasteiger partial charge < -0.3 is 0 Å². The predicted octanol–water partition coefficient (Wildman–Crippen LogP) is 1.83. The Morgan fingerprint density at radius 3 is 2.10 bits per heavy atom. The van der Waals surface area contributed by atoms with Gasteiger partial charge in [0.2, 0.25) is 5.69 Å². The molecule has 10 heavy (non-hydrogen) atoms. The van der Waals surface area contributed by atoms with Crippen molar-refractivity contribution in [2.24, 2.45) is 0 Å². The lowest BCUT2D eigenvalue weighted by Crippen LogP contribution is -2.01. The van der Waals surface area contributed by atoms with E-state index in [-0.39, 0.29) is 0 Å². The molecule has 56 valence electrons. The summed E-state index contributed by atoms with van der Waals surface area (Å²) in [7, 11) is 0.